The van der Waals surface area contributed by atoms with Crippen molar-refractivity contribution in [1.82, 2.24) is 19.5 Å². The summed E-state index contributed by atoms with van der Waals surface area (Å²) in [7, 11) is 0. The molecule has 0 N–H and O–H groups in total. The Hall–Kier alpha value is -6.30. The summed E-state index contributed by atoms with van der Waals surface area (Å²) in [6.45, 7) is -2.16. The average Bonchev–Trinajstić information content (AvgIpc) is 3.91. The van der Waals surface area contributed by atoms with E-state index in [4.69, 9.17) is 13.2 Å². The van der Waals surface area contributed by atoms with Crippen molar-refractivity contribution in [3.8, 4) is 50.6 Å². The minimum absolute atomic E-state index is 0. The smallest absolute Gasteiger partial charge is 0.0774 e. The van der Waals surface area contributed by atoms with E-state index < -0.39 is 13.7 Å². The summed E-state index contributed by atoms with van der Waals surface area (Å²) in [4.78, 5) is 14.0. The van der Waals surface area contributed by atoms with E-state index in [0.717, 1.165) is 45.6 Å². The molecule has 4 heterocycles. The van der Waals surface area contributed by atoms with Gasteiger partial charge in [0.2, 0.25) is 0 Å². The second-order valence-electron chi connectivity index (χ2n) is 14.0. The molecule has 0 amide bonds. The summed E-state index contributed by atoms with van der Waals surface area (Å²) in [5.41, 5.74) is 13.9. The van der Waals surface area contributed by atoms with E-state index >= 15 is 0 Å². The van der Waals surface area contributed by atoms with E-state index in [9.17, 15) is 0 Å². The summed E-state index contributed by atoms with van der Waals surface area (Å²) in [5.74, 6) is 0.894. The van der Waals surface area contributed by atoms with Crippen molar-refractivity contribution >= 4 is 32.5 Å². The molecule has 0 spiro atoms. The van der Waals surface area contributed by atoms with Gasteiger partial charge < -0.3 is 9.55 Å². The largest absolute Gasteiger partial charge is 0.332 e. The van der Waals surface area contributed by atoms with Gasteiger partial charge in [0.1, 0.15) is 0 Å². The number of aryl methyl sites for hydroxylation is 3. The standard InChI is InChI=1S/C40H28N3S.C13H12N.Ir/c1-27-22-32(29-12-4-2-5-13-29)39(33(23-27)30-14-6-3-7-15-30)43-37-18-9-8-17-36(37)42-40(43)35-26-44-38-20-19-28(25-34(35)38)24-31-16-10-11-21-41-31;1-10-3-6-12(7-4-10)13-8-5-11(2)9-14-13;/h2-23,25H,24H2,1H3;3-6,8-9H,1-2H3;/q2*-1;/i;1D3,2D3;. The first-order valence-corrected chi connectivity index (χ1v) is 19.8. The third kappa shape index (κ3) is 8.48. The van der Waals surface area contributed by atoms with Gasteiger partial charge in [0.25, 0.3) is 0 Å². The van der Waals surface area contributed by atoms with Crippen LogP contribution in [0.4, 0.5) is 0 Å². The van der Waals surface area contributed by atoms with Gasteiger partial charge in [-0.3, -0.25) is 21.3 Å². The van der Waals surface area contributed by atoms with Crippen LogP contribution in [0.3, 0.4) is 0 Å². The van der Waals surface area contributed by atoms with Crippen LogP contribution in [0.5, 0.6) is 0 Å². The first-order chi connectivity index (χ1) is 30.9. The minimum Gasteiger partial charge on any atom is -0.332 e. The van der Waals surface area contributed by atoms with Crippen molar-refractivity contribution in [2.45, 2.75) is 27.0 Å². The molecule has 4 nitrogen and oxygen atoms in total. The zero-order valence-corrected chi connectivity index (χ0v) is 35.2. The van der Waals surface area contributed by atoms with Gasteiger partial charge in [0, 0.05) is 64.0 Å². The Morgan fingerprint density at radius 3 is 2.05 bits per heavy atom. The van der Waals surface area contributed by atoms with Crippen molar-refractivity contribution in [1.29, 1.82) is 0 Å². The van der Waals surface area contributed by atoms with Crippen LogP contribution in [-0.4, -0.2) is 19.5 Å². The number of pyridine rings is 2. The Balaban J connectivity index is 0.000000232. The molecule has 0 aliphatic carbocycles. The Kier molecular flexibility index (Phi) is 9.78. The molecule has 0 atom stereocenters. The number of imidazole rings is 1. The second-order valence-corrected chi connectivity index (χ2v) is 14.9. The molecule has 6 aromatic carbocycles. The fourth-order valence-electron chi connectivity index (χ4n) is 7.26. The summed E-state index contributed by atoms with van der Waals surface area (Å²) in [5, 5.41) is 4.83. The molecular formula is C53H40IrN4S-2. The van der Waals surface area contributed by atoms with Gasteiger partial charge in [-0.15, -0.1) is 46.8 Å². The van der Waals surface area contributed by atoms with Crippen LogP contribution >= 0.6 is 11.3 Å². The maximum absolute atomic E-state index is 7.28. The van der Waals surface area contributed by atoms with E-state index in [-0.39, 0.29) is 31.2 Å². The summed E-state index contributed by atoms with van der Waals surface area (Å²) < 4.78 is 47.2. The normalized spacial score (nSPS) is 12.8. The second kappa shape index (κ2) is 17.7. The molecule has 0 aliphatic rings. The summed E-state index contributed by atoms with van der Waals surface area (Å²) in [6, 6.07) is 57.7. The third-order valence-electron chi connectivity index (χ3n) is 9.97. The Labute approximate surface area is 371 Å². The fourth-order valence-corrected chi connectivity index (χ4v) is 8.08. The van der Waals surface area contributed by atoms with Gasteiger partial charge in [-0.1, -0.05) is 131 Å². The Bertz CT molecular complexity index is 3090. The van der Waals surface area contributed by atoms with Gasteiger partial charge in [0.05, 0.1) is 22.5 Å². The van der Waals surface area contributed by atoms with E-state index in [0.29, 0.717) is 11.3 Å². The number of thiophene rings is 1. The van der Waals surface area contributed by atoms with Crippen LogP contribution in [0, 0.1) is 32.1 Å². The number of aromatic nitrogens is 4. The van der Waals surface area contributed by atoms with Crippen LogP contribution in [0.1, 0.15) is 36.2 Å². The van der Waals surface area contributed by atoms with Crippen molar-refractivity contribution in [3.05, 3.63) is 216 Å². The molecule has 0 saturated carbocycles. The van der Waals surface area contributed by atoms with Crippen LogP contribution in [-0.2, 0) is 26.5 Å². The van der Waals surface area contributed by atoms with Crippen molar-refractivity contribution < 1.29 is 28.3 Å². The molecule has 0 fully saturated rings. The van der Waals surface area contributed by atoms with Crippen LogP contribution < -0.4 is 0 Å². The number of fused-ring (bicyclic) bond motifs is 2. The van der Waals surface area contributed by atoms with E-state index in [1.54, 1.807) is 23.5 Å². The number of hydrogen-bond donors (Lipinski definition) is 0. The monoisotopic (exact) mass is 963 g/mol. The maximum atomic E-state index is 7.28. The number of nitrogens with zero attached hydrogens (tertiary/aromatic N) is 4. The van der Waals surface area contributed by atoms with E-state index in [1.807, 2.05) is 18.3 Å². The first-order valence-electron chi connectivity index (χ1n) is 22.0. The molecule has 1 radical (unpaired) electrons. The predicted octanol–water partition coefficient (Wildman–Crippen LogP) is 13.5. The van der Waals surface area contributed by atoms with Gasteiger partial charge in [-0.05, 0) is 78.1 Å². The number of benzene rings is 6. The molecule has 0 aliphatic heterocycles. The molecule has 0 bridgehead atoms. The van der Waals surface area contributed by atoms with Gasteiger partial charge in [-0.2, -0.15) is 0 Å². The molecule has 10 rings (SSSR count). The fraction of sp³-hybridized carbons (Fsp3) is 0.0755. The molecule has 10 aromatic rings. The predicted molar refractivity (Wildman–Crippen MR) is 241 cm³/mol. The van der Waals surface area contributed by atoms with Gasteiger partial charge >= 0.3 is 0 Å². The SMILES string of the molecule is Cc1cc(-c2ccccc2)c(-n2c(-c3[c-]sc4ccc(Cc5ccccn5)cc34)nc3ccccc32)c(-c2ccccc2)c1.[2H]C([2H])([2H])c1c[c-]c(-c2ccc(C([2H])([2H])[2H])cn2)cc1.[Ir]. The molecule has 0 saturated heterocycles. The van der Waals surface area contributed by atoms with Crippen LogP contribution in [0.25, 0.3) is 71.7 Å². The zero-order valence-electron chi connectivity index (χ0n) is 38.0. The molecule has 4 aromatic heterocycles. The summed E-state index contributed by atoms with van der Waals surface area (Å²) in [6.07, 6.45) is 3.93. The van der Waals surface area contributed by atoms with E-state index in [2.05, 4.69) is 154 Å². The van der Waals surface area contributed by atoms with Crippen LogP contribution in [0.15, 0.2) is 176 Å². The molecule has 0 unspecified atom stereocenters. The Morgan fingerprint density at radius 1 is 0.678 bits per heavy atom. The maximum Gasteiger partial charge on any atom is 0.0774 e. The minimum atomic E-state index is -2.18. The molecular weight excluding hydrogens is 917 g/mol. The average molecular weight is 963 g/mol. The first kappa shape index (κ1) is 32.6. The van der Waals surface area contributed by atoms with Gasteiger partial charge in [0.15, 0.2) is 0 Å². The van der Waals surface area contributed by atoms with Crippen molar-refractivity contribution in [3.63, 3.8) is 0 Å². The zero-order chi connectivity index (χ0) is 44.4. The quantitative estimate of drug-likeness (QED) is 0.150. The molecule has 59 heavy (non-hydrogen) atoms. The van der Waals surface area contributed by atoms with Crippen molar-refractivity contribution in [2.75, 3.05) is 0 Å². The topological polar surface area (TPSA) is 43.6 Å². The third-order valence-corrected chi connectivity index (χ3v) is 10.9. The number of para-hydroxylation sites is 2. The van der Waals surface area contributed by atoms with Crippen LogP contribution in [0.2, 0.25) is 0 Å². The molecule has 289 valence electrons. The van der Waals surface area contributed by atoms with Gasteiger partial charge in [-0.25, -0.2) is 0 Å². The summed E-state index contributed by atoms with van der Waals surface area (Å²) >= 11 is 1.65. The Morgan fingerprint density at radius 2 is 1.39 bits per heavy atom. The number of rotatable bonds is 7. The van der Waals surface area contributed by atoms with E-state index in [1.165, 1.54) is 62.5 Å². The number of hydrogen-bond acceptors (Lipinski definition) is 4. The van der Waals surface area contributed by atoms with Crippen molar-refractivity contribution in [2.24, 2.45) is 0 Å². The molecule has 6 heteroatoms.